The van der Waals surface area contributed by atoms with Crippen molar-refractivity contribution in [3.63, 3.8) is 0 Å². The van der Waals surface area contributed by atoms with Crippen LogP contribution in [0.3, 0.4) is 0 Å². The summed E-state index contributed by atoms with van der Waals surface area (Å²) in [5.41, 5.74) is 3.51. The van der Waals surface area contributed by atoms with Crippen molar-refractivity contribution in [1.82, 2.24) is 0 Å². The molecule has 1 atom stereocenters. The summed E-state index contributed by atoms with van der Waals surface area (Å²) >= 11 is 0. The van der Waals surface area contributed by atoms with Crippen molar-refractivity contribution in [3.8, 4) is 0 Å². The first-order valence-electron chi connectivity index (χ1n) is 5.15. The maximum atomic E-state index is 5.87. The molecule has 0 aliphatic carbocycles. The highest BCUT2D eigenvalue weighted by molar-refractivity contribution is 6.57. The van der Waals surface area contributed by atoms with Gasteiger partial charge in [-0.05, 0) is 18.5 Å². The van der Waals surface area contributed by atoms with Crippen LogP contribution in [0.2, 0.25) is 6.04 Å². The van der Waals surface area contributed by atoms with Gasteiger partial charge >= 0.3 is 0 Å². The van der Waals surface area contributed by atoms with E-state index in [1.54, 1.807) is 0 Å². The van der Waals surface area contributed by atoms with Crippen LogP contribution in [0.4, 0.5) is 0 Å². The van der Waals surface area contributed by atoms with Gasteiger partial charge in [0.25, 0.3) is 0 Å². The van der Waals surface area contributed by atoms with Gasteiger partial charge in [-0.3, -0.25) is 0 Å². The highest BCUT2D eigenvalue weighted by Gasteiger charge is 2.03. The van der Waals surface area contributed by atoms with Gasteiger partial charge in [-0.1, -0.05) is 49.0 Å². The van der Waals surface area contributed by atoms with Crippen LogP contribution in [-0.4, -0.2) is 9.04 Å². The predicted molar refractivity (Wildman–Crippen MR) is 63.7 cm³/mol. The van der Waals surface area contributed by atoms with Crippen LogP contribution in [0.1, 0.15) is 19.4 Å². The minimum atomic E-state index is -1.06. The van der Waals surface area contributed by atoms with E-state index in [-0.39, 0.29) is 0 Å². The van der Waals surface area contributed by atoms with E-state index in [4.69, 9.17) is 4.43 Å². The number of benzene rings is 1. The molecule has 0 heterocycles. The van der Waals surface area contributed by atoms with E-state index in [0.717, 1.165) is 12.7 Å². The van der Waals surface area contributed by atoms with Crippen LogP contribution < -0.4 is 0 Å². The Morgan fingerprint density at radius 2 is 2.00 bits per heavy atom. The van der Waals surface area contributed by atoms with Crippen molar-refractivity contribution in [2.24, 2.45) is 0 Å². The van der Waals surface area contributed by atoms with Gasteiger partial charge in [0.05, 0.1) is 6.61 Å². The van der Waals surface area contributed by atoms with Gasteiger partial charge in [0.1, 0.15) is 0 Å². The molecule has 0 amide bonds. The van der Waals surface area contributed by atoms with Crippen molar-refractivity contribution < 1.29 is 4.43 Å². The summed E-state index contributed by atoms with van der Waals surface area (Å²) in [4.78, 5) is 0. The first-order chi connectivity index (χ1) is 6.86. The van der Waals surface area contributed by atoms with Gasteiger partial charge in [-0.2, -0.15) is 0 Å². The average Bonchev–Trinajstić information content (AvgIpc) is 2.25. The lowest BCUT2D eigenvalue weighted by Gasteiger charge is -2.10. The fourth-order valence-corrected chi connectivity index (χ4v) is 2.76. The van der Waals surface area contributed by atoms with E-state index < -0.39 is 9.04 Å². The zero-order valence-electron chi connectivity index (χ0n) is 8.94. The molecule has 0 aliphatic rings. The summed E-state index contributed by atoms with van der Waals surface area (Å²) in [6.45, 7) is 5.01. The second-order valence-electron chi connectivity index (χ2n) is 3.27. The number of rotatable bonds is 5. The average molecular weight is 206 g/mol. The molecule has 1 unspecified atom stereocenters. The van der Waals surface area contributed by atoms with Gasteiger partial charge in [-0.25, -0.2) is 0 Å². The normalized spacial score (nSPS) is 13.3. The maximum Gasteiger partial charge on any atom is 0.201 e. The Kier molecular flexibility index (Phi) is 5.26. The lowest BCUT2D eigenvalue weighted by Crippen LogP contribution is -2.13. The summed E-state index contributed by atoms with van der Waals surface area (Å²) in [7, 11) is -1.06. The second kappa shape index (κ2) is 6.57. The fourth-order valence-electron chi connectivity index (χ4n) is 1.30. The van der Waals surface area contributed by atoms with E-state index in [1.807, 2.05) is 6.07 Å². The Balaban J connectivity index is 2.39. The topological polar surface area (TPSA) is 9.23 Å². The van der Waals surface area contributed by atoms with E-state index in [1.165, 1.54) is 5.56 Å². The largest absolute Gasteiger partial charge is 0.412 e. The number of hydrogen-bond acceptors (Lipinski definition) is 1. The Labute approximate surface area is 88.1 Å². The Morgan fingerprint density at radius 1 is 1.29 bits per heavy atom. The van der Waals surface area contributed by atoms with E-state index >= 15 is 0 Å². The lowest BCUT2D eigenvalue weighted by molar-refractivity contribution is 0.314. The van der Waals surface area contributed by atoms with Gasteiger partial charge in [-0.15, -0.1) is 0 Å². The van der Waals surface area contributed by atoms with Crippen LogP contribution in [0.15, 0.2) is 42.1 Å². The zero-order chi connectivity index (χ0) is 10.2. The Hall–Kier alpha value is -0.863. The van der Waals surface area contributed by atoms with Crippen molar-refractivity contribution in [1.29, 1.82) is 0 Å². The van der Waals surface area contributed by atoms with Gasteiger partial charge in [0.15, 0.2) is 0 Å². The predicted octanol–water partition coefficient (Wildman–Crippen LogP) is 3.06. The minimum Gasteiger partial charge on any atom is -0.412 e. The van der Waals surface area contributed by atoms with Crippen molar-refractivity contribution in [2.75, 3.05) is 0 Å². The molecule has 0 aromatic heterocycles. The molecule has 0 N–H and O–H groups in total. The first kappa shape index (κ1) is 11.2. The number of allylic oxidation sites excluding steroid dienone is 1. The lowest BCUT2D eigenvalue weighted by atomic mass is 10.2. The first-order valence-corrected chi connectivity index (χ1v) is 7.10. The molecule has 2 heteroatoms. The molecule has 0 bridgehead atoms. The third-order valence-electron chi connectivity index (χ3n) is 2.12. The second-order valence-corrected chi connectivity index (χ2v) is 5.88. The number of hydrogen-bond donors (Lipinski definition) is 0. The van der Waals surface area contributed by atoms with Crippen molar-refractivity contribution in [2.45, 2.75) is 26.5 Å². The molecule has 1 aromatic carbocycles. The fraction of sp³-hybridized carbons (Fsp3) is 0.333. The van der Waals surface area contributed by atoms with Gasteiger partial charge in [0.2, 0.25) is 9.04 Å². The van der Waals surface area contributed by atoms with Crippen LogP contribution in [-0.2, 0) is 11.0 Å². The standard InChI is InChI=1S/C12H18OSi/c1-3-10-14(4-2)13-11-12-8-6-5-7-9-12/h3,5-10,14H,4,11H2,1-2H3. The quantitative estimate of drug-likeness (QED) is 0.673. The molecule has 0 saturated heterocycles. The molecule has 0 aliphatic heterocycles. The zero-order valence-corrected chi connectivity index (χ0v) is 10.1. The monoisotopic (exact) mass is 206 g/mol. The SMILES string of the molecule is CC=C[SiH](CC)OCc1ccccc1. The minimum absolute atomic E-state index is 0.760. The highest BCUT2D eigenvalue weighted by atomic mass is 28.3. The Morgan fingerprint density at radius 3 is 2.57 bits per heavy atom. The molecule has 0 radical (unpaired) electrons. The summed E-state index contributed by atoms with van der Waals surface area (Å²) in [6, 6.07) is 11.5. The van der Waals surface area contributed by atoms with Crippen LogP contribution >= 0.6 is 0 Å². The molecular weight excluding hydrogens is 188 g/mol. The van der Waals surface area contributed by atoms with Crippen molar-refractivity contribution in [3.05, 3.63) is 47.7 Å². The molecule has 1 aromatic rings. The maximum absolute atomic E-state index is 5.87. The van der Waals surface area contributed by atoms with Crippen molar-refractivity contribution >= 4 is 9.04 Å². The molecule has 0 spiro atoms. The molecule has 0 saturated carbocycles. The van der Waals surface area contributed by atoms with E-state index in [0.29, 0.717) is 0 Å². The molecular formula is C12H18OSi. The molecule has 1 rings (SSSR count). The molecule has 1 nitrogen and oxygen atoms in total. The van der Waals surface area contributed by atoms with Crippen LogP contribution in [0, 0.1) is 0 Å². The highest BCUT2D eigenvalue weighted by Crippen LogP contribution is 2.04. The van der Waals surface area contributed by atoms with Crippen LogP contribution in [0.5, 0.6) is 0 Å². The van der Waals surface area contributed by atoms with Gasteiger partial charge < -0.3 is 4.43 Å². The molecule has 14 heavy (non-hydrogen) atoms. The summed E-state index contributed by atoms with van der Waals surface area (Å²) in [5, 5.41) is 0. The molecule has 0 fully saturated rings. The third-order valence-corrected chi connectivity index (χ3v) is 4.33. The smallest absolute Gasteiger partial charge is 0.201 e. The van der Waals surface area contributed by atoms with E-state index in [2.05, 4.69) is 49.9 Å². The van der Waals surface area contributed by atoms with Gasteiger partial charge in [0, 0.05) is 0 Å². The summed E-state index contributed by atoms with van der Waals surface area (Å²) < 4.78 is 5.87. The summed E-state index contributed by atoms with van der Waals surface area (Å²) in [5.74, 6) is 0. The summed E-state index contributed by atoms with van der Waals surface area (Å²) in [6.07, 6.45) is 2.10. The molecule has 76 valence electrons. The van der Waals surface area contributed by atoms with Crippen LogP contribution in [0.25, 0.3) is 0 Å². The Bertz CT molecular complexity index is 269. The third kappa shape index (κ3) is 3.90. The van der Waals surface area contributed by atoms with E-state index in [9.17, 15) is 0 Å².